The number of ether oxygens (including phenoxy) is 2. The van der Waals surface area contributed by atoms with Crippen LogP contribution in [0.4, 0.5) is 0 Å². The van der Waals surface area contributed by atoms with Crippen LogP contribution in [0.15, 0.2) is 23.1 Å². The second-order valence-electron chi connectivity index (χ2n) is 5.16. The van der Waals surface area contributed by atoms with Gasteiger partial charge < -0.3 is 14.4 Å². The zero-order valence-electron chi connectivity index (χ0n) is 12.9. The normalized spacial score (nSPS) is 16.4. The van der Waals surface area contributed by atoms with Gasteiger partial charge in [0, 0.05) is 18.0 Å². The maximum Gasteiger partial charge on any atom is 0.235 e. The Morgan fingerprint density at radius 2 is 1.81 bits per heavy atom. The minimum Gasteiger partial charge on any atom is -0.493 e. The molecule has 5 heteroatoms. The molecule has 1 aliphatic heterocycles. The lowest BCUT2D eigenvalue weighted by Crippen LogP contribution is -2.40. The lowest BCUT2D eigenvalue weighted by molar-refractivity contribution is -0.131. The second kappa shape index (κ2) is 7.59. The van der Waals surface area contributed by atoms with Crippen molar-refractivity contribution in [3.8, 4) is 11.5 Å². The third kappa shape index (κ3) is 4.06. The number of amides is 1. The molecule has 1 aromatic rings. The summed E-state index contributed by atoms with van der Waals surface area (Å²) in [5.74, 6) is 1.63. The predicted octanol–water partition coefficient (Wildman–Crippen LogP) is 3.20. The van der Waals surface area contributed by atoms with E-state index in [1.54, 1.807) is 26.0 Å². The van der Waals surface area contributed by atoms with Crippen molar-refractivity contribution in [3.63, 3.8) is 0 Å². The number of piperidine rings is 1. The van der Waals surface area contributed by atoms with Gasteiger partial charge in [-0.15, -0.1) is 11.8 Å². The van der Waals surface area contributed by atoms with Crippen molar-refractivity contribution in [2.45, 2.75) is 36.3 Å². The van der Waals surface area contributed by atoms with Crippen molar-refractivity contribution >= 4 is 17.7 Å². The molecule has 1 fully saturated rings. The van der Waals surface area contributed by atoms with Crippen LogP contribution in [0.2, 0.25) is 0 Å². The summed E-state index contributed by atoms with van der Waals surface area (Å²) >= 11 is 1.57. The molecule has 0 unspecified atom stereocenters. The highest BCUT2D eigenvalue weighted by atomic mass is 32.2. The van der Waals surface area contributed by atoms with E-state index in [1.165, 1.54) is 6.42 Å². The molecule has 1 heterocycles. The molecular weight excluding hydrogens is 286 g/mol. The molecule has 0 aromatic heterocycles. The molecule has 0 bridgehead atoms. The molecule has 0 radical (unpaired) electrons. The Hall–Kier alpha value is -1.36. The van der Waals surface area contributed by atoms with Crippen LogP contribution in [0.3, 0.4) is 0 Å². The number of nitrogens with zero attached hydrogens (tertiary/aromatic N) is 1. The zero-order chi connectivity index (χ0) is 15.2. The Morgan fingerprint density at radius 1 is 1.14 bits per heavy atom. The first-order chi connectivity index (χ1) is 10.2. The average Bonchev–Trinajstić information content (AvgIpc) is 2.54. The van der Waals surface area contributed by atoms with E-state index >= 15 is 0 Å². The van der Waals surface area contributed by atoms with Gasteiger partial charge >= 0.3 is 0 Å². The lowest BCUT2D eigenvalue weighted by Gasteiger charge is -2.29. The van der Waals surface area contributed by atoms with E-state index in [2.05, 4.69) is 0 Å². The quantitative estimate of drug-likeness (QED) is 0.783. The highest BCUT2D eigenvalue weighted by Gasteiger charge is 2.23. The smallest absolute Gasteiger partial charge is 0.235 e. The van der Waals surface area contributed by atoms with Gasteiger partial charge in [-0.25, -0.2) is 0 Å². The van der Waals surface area contributed by atoms with E-state index in [9.17, 15) is 4.79 Å². The molecule has 0 aliphatic carbocycles. The summed E-state index contributed by atoms with van der Waals surface area (Å²) in [7, 11) is 3.24. The summed E-state index contributed by atoms with van der Waals surface area (Å²) in [6.07, 6.45) is 3.49. The first kappa shape index (κ1) is 16.0. The van der Waals surface area contributed by atoms with Gasteiger partial charge in [0.1, 0.15) is 0 Å². The SMILES string of the molecule is COc1ccc(S[C@@H](C)C(=O)N2CCCCC2)cc1OC. The standard InChI is InChI=1S/C16H23NO3S/c1-12(16(18)17-9-5-4-6-10-17)21-13-7-8-14(19-2)15(11-13)20-3/h7-8,11-12H,4-6,9-10H2,1-3H3/t12-/m0/s1. The summed E-state index contributed by atoms with van der Waals surface area (Å²) in [6, 6.07) is 5.76. The van der Waals surface area contributed by atoms with Crippen LogP contribution in [0.5, 0.6) is 11.5 Å². The van der Waals surface area contributed by atoms with Crippen LogP contribution in [-0.4, -0.2) is 43.4 Å². The third-order valence-electron chi connectivity index (χ3n) is 3.68. The molecule has 0 N–H and O–H groups in total. The Morgan fingerprint density at radius 3 is 2.43 bits per heavy atom. The summed E-state index contributed by atoms with van der Waals surface area (Å²) in [5, 5.41) is -0.0822. The van der Waals surface area contributed by atoms with Crippen LogP contribution in [-0.2, 0) is 4.79 Å². The van der Waals surface area contributed by atoms with E-state index in [0.29, 0.717) is 11.5 Å². The Kier molecular flexibility index (Phi) is 5.79. The molecule has 1 atom stereocenters. The van der Waals surface area contributed by atoms with Gasteiger partial charge in [0.2, 0.25) is 5.91 Å². The average molecular weight is 309 g/mol. The number of likely N-dealkylation sites (tertiary alicyclic amines) is 1. The van der Waals surface area contributed by atoms with Gasteiger partial charge in [-0.2, -0.15) is 0 Å². The predicted molar refractivity (Wildman–Crippen MR) is 85.3 cm³/mol. The first-order valence-electron chi connectivity index (χ1n) is 7.33. The fraction of sp³-hybridized carbons (Fsp3) is 0.562. The molecule has 1 amide bonds. The van der Waals surface area contributed by atoms with E-state index in [0.717, 1.165) is 30.8 Å². The number of carbonyl (C=O) groups is 1. The number of hydrogen-bond donors (Lipinski definition) is 0. The minimum atomic E-state index is -0.0822. The van der Waals surface area contributed by atoms with Crippen molar-refractivity contribution in [2.75, 3.05) is 27.3 Å². The van der Waals surface area contributed by atoms with Crippen molar-refractivity contribution in [1.82, 2.24) is 4.90 Å². The largest absolute Gasteiger partial charge is 0.493 e. The number of thioether (sulfide) groups is 1. The highest BCUT2D eigenvalue weighted by molar-refractivity contribution is 8.00. The van der Waals surface area contributed by atoms with Gasteiger partial charge in [0.15, 0.2) is 11.5 Å². The van der Waals surface area contributed by atoms with Crippen LogP contribution in [0.1, 0.15) is 26.2 Å². The molecule has 2 rings (SSSR count). The fourth-order valence-electron chi connectivity index (χ4n) is 2.52. The van der Waals surface area contributed by atoms with E-state index in [4.69, 9.17) is 9.47 Å². The highest BCUT2D eigenvalue weighted by Crippen LogP contribution is 2.34. The lowest BCUT2D eigenvalue weighted by atomic mass is 10.1. The molecule has 116 valence electrons. The van der Waals surface area contributed by atoms with Crippen molar-refractivity contribution in [3.05, 3.63) is 18.2 Å². The number of hydrogen-bond acceptors (Lipinski definition) is 4. The Labute approximate surface area is 130 Å². The molecule has 1 saturated heterocycles. The summed E-state index contributed by atoms with van der Waals surface area (Å²) in [4.78, 5) is 15.4. The first-order valence-corrected chi connectivity index (χ1v) is 8.21. The van der Waals surface area contributed by atoms with Gasteiger partial charge in [0.05, 0.1) is 19.5 Å². The number of methoxy groups -OCH3 is 2. The molecule has 1 aromatic carbocycles. The zero-order valence-corrected chi connectivity index (χ0v) is 13.7. The van der Waals surface area contributed by atoms with Gasteiger partial charge in [-0.1, -0.05) is 0 Å². The van der Waals surface area contributed by atoms with Gasteiger partial charge in [-0.3, -0.25) is 4.79 Å². The molecular formula is C16H23NO3S. The molecule has 0 spiro atoms. The maximum atomic E-state index is 12.4. The second-order valence-corrected chi connectivity index (χ2v) is 6.58. The molecule has 1 aliphatic rings. The topological polar surface area (TPSA) is 38.8 Å². The third-order valence-corrected chi connectivity index (χ3v) is 4.76. The van der Waals surface area contributed by atoms with Crippen LogP contribution in [0, 0.1) is 0 Å². The Bertz CT molecular complexity index is 486. The summed E-state index contributed by atoms with van der Waals surface area (Å²) in [6.45, 7) is 3.77. The van der Waals surface area contributed by atoms with Crippen LogP contribution < -0.4 is 9.47 Å². The number of rotatable bonds is 5. The molecule has 4 nitrogen and oxygen atoms in total. The van der Waals surface area contributed by atoms with Crippen molar-refractivity contribution in [2.24, 2.45) is 0 Å². The summed E-state index contributed by atoms with van der Waals surface area (Å²) in [5.41, 5.74) is 0. The maximum absolute atomic E-state index is 12.4. The number of benzene rings is 1. The van der Waals surface area contributed by atoms with E-state index in [-0.39, 0.29) is 11.2 Å². The number of carbonyl (C=O) groups excluding carboxylic acids is 1. The fourth-order valence-corrected chi connectivity index (χ4v) is 3.50. The molecule has 0 saturated carbocycles. The van der Waals surface area contributed by atoms with E-state index in [1.807, 2.05) is 30.0 Å². The minimum absolute atomic E-state index is 0.0822. The molecule has 21 heavy (non-hydrogen) atoms. The summed E-state index contributed by atoms with van der Waals surface area (Å²) < 4.78 is 10.5. The van der Waals surface area contributed by atoms with Gasteiger partial charge in [0.25, 0.3) is 0 Å². The van der Waals surface area contributed by atoms with Crippen molar-refractivity contribution in [1.29, 1.82) is 0 Å². The van der Waals surface area contributed by atoms with Crippen LogP contribution >= 0.6 is 11.8 Å². The monoisotopic (exact) mass is 309 g/mol. The van der Waals surface area contributed by atoms with E-state index < -0.39 is 0 Å². The van der Waals surface area contributed by atoms with Crippen molar-refractivity contribution < 1.29 is 14.3 Å². The Balaban J connectivity index is 2.01. The van der Waals surface area contributed by atoms with Gasteiger partial charge in [-0.05, 0) is 44.4 Å². The van der Waals surface area contributed by atoms with Crippen LogP contribution in [0.25, 0.3) is 0 Å².